The standard InChI is InChI=1S/C12H11NS2/c14-12-13-11-9-6-2-1-4-8(9)5-3-7-10(11)15-12/h1-2,4,6H,3,5,7H2,(H,13,14). The number of hydrogen-bond donors (Lipinski definition) is 1. The molecule has 1 aromatic carbocycles. The topological polar surface area (TPSA) is 15.8 Å². The first-order valence-corrected chi connectivity index (χ1v) is 6.37. The first-order chi connectivity index (χ1) is 7.34. The van der Waals surface area contributed by atoms with E-state index in [2.05, 4.69) is 29.2 Å². The summed E-state index contributed by atoms with van der Waals surface area (Å²) in [6, 6.07) is 8.63. The zero-order valence-electron chi connectivity index (χ0n) is 8.25. The van der Waals surface area contributed by atoms with Gasteiger partial charge in [-0.25, -0.2) is 0 Å². The number of aromatic nitrogens is 1. The molecule has 0 fully saturated rings. The summed E-state index contributed by atoms with van der Waals surface area (Å²) < 4.78 is 0.900. The summed E-state index contributed by atoms with van der Waals surface area (Å²) in [7, 11) is 0. The van der Waals surface area contributed by atoms with Crippen LogP contribution in [-0.4, -0.2) is 4.98 Å². The van der Waals surface area contributed by atoms with Gasteiger partial charge in [0.2, 0.25) is 0 Å². The van der Waals surface area contributed by atoms with Gasteiger partial charge >= 0.3 is 0 Å². The van der Waals surface area contributed by atoms with Gasteiger partial charge in [-0.3, -0.25) is 0 Å². The van der Waals surface area contributed by atoms with Crippen LogP contribution < -0.4 is 0 Å². The van der Waals surface area contributed by atoms with Crippen LogP contribution in [0.25, 0.3) is 11.3 Å². The number of nitrogens with one attached hydrogen (secondary N) is 1. The van der Waals surface area contributed by atoms with Crippen molar-refractivity contribution in [3.63, 3.8) is 0 Å². The Labute approximate surface area is 97.8 Å². The van der Waals surface area contributed by atoms with Gasteiger partial charge in [-0.2, -0.15) is 0 Å². The lowest BCUT2D eigenvalue weighted by Crippen LogP contribution is -1.86. The maximum atomic E-state index is 5.22. The number of rotatable bonds is 0. The number of thiazole rings is 1. The van der Waals surface area contributed by atoms with Gasteiger partial charge in [0.05, 0.1) is 5.69 Å². The third-order valence-electron chi connectivity index (χ3n) is 2.86. The minimum absolute atomic E-state index is 0.900. The third-order valence-corrected chi connectivity index (χ3v) is 4.15. The maximum Gasteiger partial charge on any atom is 0.159 e. The fourth-order valence-corrected chi connectivity index (χ4v) is 3.47. The Morgan fingerprint density at radius 2 is 2.07 bits per heavy atom. The van der Waals surface area contributed by atoms with Crippen LogP contribution in [0.5, 0.6) is 0 Å². The van der Waals surface area contributed by atoms with Gasteiger partial charge < -0.3 is 4.98 Å². The molecule has 76 valence electrons. The van der Waals surface area contributed by atoms with Crippen LogP contribution in [0.2, 0.25) is 0 Å². The number of aryl methyl sites for hydroxylation is 2. The predicted molar refractivity (Wildman–Crippen MR) is 67.0 cm³/mol. The van der Waals surface area contributed by atoms with Crippen LogP contribution in [0.3, 0.4) is 0 Å². The number of fused-ring (bicyclic) bond motifs is 3. The van der Waals surface area contributed by atoms with Crippen molar-refractivity contribution in [2.45, 2.75) is 19.3 Å². The summed E-state index contributed by atoms with van der Waals surface area (Å²) in [5.74, 6) is 0. The molecule has 3 rings (SSSR count). The SMILES string of the molecule is S=c1[nH]c2c(s1)CCCc1ccccc1-2. The predicted octanol–water partition coefficient (Wildman–Crippen LogP) is 3.96. The van der Waals surface area contributed by atoms with Crippen molar-refractivity contribution in [2.75, 3.05) is 0 Å². The van der Waals surface area contributed by atoms with Crippen molar-refractivity contribution < 1.29 is 0 Å². The highest BCUT2D eigenvalue weighted by Crippen LogP contribution is 2.33. The van der Waals surface area contributed by atoms with E-state index in [-0.39, 0.29) is 0 Å². The fraction of sp³-hybridized carbons (Fsp3) is 0.250. The molecule has 1 heterocycles. The molecule has 1 aromatic heterocycles. The Balaban J connectivity index is 2.31. The number of benzene rings is 1. The maximum absolute atomic E-state index is 5.22. The van der Waals surface area contributed by atoms with Gasteiger partial charge in [0.15, 0.2) is 3.95 Å². The lowest BCUT2D eigenvalue weighted by atomic mass is 10.0. The normalized spacial score (nSPS) is 14.1. The molecule has 0 saturated heterocycles. The molecule has 0 spiro atoms. The van der Waals surface area contributed by atoms with Crippen molar-refractivity contribution in [3.05, 3.63) is 38.7 Å². The number of aromatic amines is 1. The molecular formula is C12H11NS2. The summed E-state index contributed by atoms with van der Waals surface area (Å²) in [4.78, 5) is 4.75. The molecule has 15 heavy (non-hydrogen) atoms. The van der Waals surface area contributed by atoms with E-state index in [1.807, 2.05) is 0 Å². The summed E-state index contributed by atoms with van der Waals surface area (Å²) >= 11 is 6.94. The Morgan fingerprint density at radius 3 is 3.00 bits per heavy atom. The zero-order valence-corrected chi connectivity index (χ0v) is 9.88. The summed E-state index contributed by atoms with van der Waals surface area (Å²) in [5.41, 5.74) is 4.05. The first kappa shape index (κ1) is 9.31. The quantitative estimate of drug-likeness (QED) is 0.681. The van der Waals surface area contributed by atoms with Gasteiger partial charge in [-0.1, -0.05) is 24.3 Å². The minimum atomic E-state index is 0.900. The Kier molecular flexibility index (Phi) is 2.22. The van der Waals surface area contributed by atoms with Gasteiger partial charge in [-0.05, 0) is 37.0 Å². The van der Waals surface area contributed by atoms with Crippen molar-refractivity contribution in [1.82, 2.24) is 4.98 Å². The number of hydrogen-bond acceptors (Lipinski definition) is 2. The average molecular weight is 233 g/mol. The highest BCUT2D eigenvalue weighted by atomic mass is 32.1. The molecule has 0 saturated carbocycles. The summed E-state index contributed by atoms with van der Waals surface area (Å²) in [6.45, 7) is 0. The molecular weight excluding hydrogens is 222 g/mol. The van der Waals surface area contributed by atoms with E-state index >= 15 is 0 Å². The molecule has 1 aliphatic carbocycles. The second-order valence-corrected chi connectivity index (χ2v) is 5.60. The third kappa shape index (κ3) is 1.56. The molecule has 0 atom stereocenters. The van der Waals surface area contributed by atoms with E-state index in [1.54, 1.807) is 11.3 Å². The van der Waals surface area contributed by atoms with Gasteiger partial charge in [0, 0.05) is 10.4 Å². The Bertz CT molecular complexity index is 551. The fourth-order valence-electron chi connectivity index (χ4n) is 2.18. The lowest BCUT2D eigenvalue weighted by Gasteiger charge is -2.03. The van der Waals surface area contributed by atoms with Crippen molar-refractivity contribution >= 4 is 23.6 Å². The highest BCUT2D eigenvalue weighted by molar-refractivity contribution is 7.73. The van der Waals surface area contributed by atoms with E-state index in [0.29, 0.717) is 0 Å². The van der Waals surface area contributed by atoms with Gasteiger partial charge in [0.25, 0.3) is 0 Å². The van der Waals surface area contributed by atoms with E-state index in [4.69, 9.17) is 12.2 Å². The van der Waals surface area contributed by atoms with Crippen molar-refractivity contribution in [3.8, 4) is 11.3 Å². The zero-order chi connectivity index (χ0) is 10.3. The van der Waals surface area contributed by atoms with Crippen molar-refractivity contribution in [1.29, 1.82) is 0 Å². The van der Waals surface area contributed by atoms with Crippen LogP contribution in [0.15, 0.2) is 24.3 Å². The molecule has 0 bridgehead atoms. The Hall–Kier alpha value is -0.930. The molecule has 0 aliphatic heterocycles. The van der Waals surface area contributed by atoms with Crippen LogP contribution in [0.1, 0.15) is 16.9 Å². The minimum Gasteiger partial charge on any atom is -0.337 e. The van der Waals surface area contributed by atoms with E-state index in [9.17, 15) is 0 Å². The van der Waals surface area contributed by atoms with E-state index < -0.39 is 0 Å². The molecule has 3 heteroatoms. The van der Waals surface area contributed by atoms with Crippen LogP contribution in [0.4, 0.5) is 0 Å². The summed E-state index contributed by atoms with van der Waals surface area (Å²) in [5, 5.41) is 0. The molecule has 1 N–H and O–H groups in total. The van der Waals surface area contributed by atoms with E-state index in [0.717, 1.165) is 10.4 Å². The molecule has 1 nitrogen and oxygen atoms in total. The van der Waals surface area contributed by atoms with E-state index in [1.165, 1.54) is 34.5 Å². The van der Waals surface area contributed by atoms with Crippen LogP contribution in [-0.2, 0) is 12.8 Å². The van der Waals surface area contributed by atoms with Crippen molar-refractivity contribution in [2.24, 2.45) is 0 Å². The molecule has 2 aromatic rings. The van der Waals surface area contributed by atoms with Crippen LogP contribution >= 0.6 is 23.6 Å². The second kappa shape index (κ2) is 3.58. The molecule has 0 radical (unpaired) electrons. The molecule has 1 aliphatic rings. The Morgan fingerprint density at radius 1 is 1.20 bits per heavy atom. The highest BCUT2D eigenvalue weighted by Gasteiger charge is 2.15. The van der Waals surface area contributed by atoms with Crippen LogP contribution in [0, 0.1) is 3.95 Å². The lowest BCUT2D eigenvalue weighted by molar-refractivity contribution is 0.843. The number of H-pyrrole nitrogens is 1. The average Bonchev–Trinajstić information content (AvgIpc) is 2.52. The van der Waals surface area contributed by atoms with Gasteiger partial charge in [-0.15, -0.1) is 11.3 Å². The second-order valence-electron chi connectivity index (χ2n) is 3.82. The monoisotopic (exact) mass is 233 g/mol. The molecule has 0 unspecified atom stereocenters. The summed E-state index contributed by atoms with van der Waals surface area (Å²) in [6.07, 6.45) is 3.56. The van der Waals surface area contributed by atoms with Gasteiger partial charge in [0.1, 0.15) is 0 Å². The smallest absolute Gasteiger partial charge is 0.159 e. The largest absolute Gasteiger partial charge is 0.337 e. The molecule has 0 amide bonds. The first-order valence-electron chi connectivity index (χ1n) is 5.15.